The highest BCUT2D eigenvalue weighted by atomic mass is 35.5. The highest BCUT2D eigenvalue weighted by Gasteiger charge is 2.40. The molecule has 11 heteroatoms. The molecule has 35 heavy (non-hydrogen) atoms. The van der Waals surface area contributed by atoms with Gasteiger partial charge in [-0.15, -0.1) is 0 Å². The van der Waals surface area contributed by atoms with Crippen molar-refractivity contribution in [2.75, 3.05) is 37.4 Å². The highest BCUT2D eigenvalue weighted by molar-refractivity contribution is 7.92. The van der Waals surface area contributed by atoms with Crippen molar-refractivity contribution in [2.24, 2.45) is 0 Å². The fourth-order valence-corrected chi connectivity index (χ4v) is 5.48. The second-order valence-electron chi connectivity index (χ2n) is 9.25. The molecule has 2 aromatic carbocycles. The van der Waals surface area contributed by atoms with Crippen LogP contribution < -0.4 is 9.62 Å². The van der Waals surface area contributed by atoms with Gasteiger partial charge in [-0.05, 0) is 60.7 Å². The minimum absolute atomic E-state index is 0.00981. The Hall–Kier alpha value is -2.69. The van der Waals surface area contributed by atoms with E-state index >= 15 is 0 Å². The van der Waals surface area contributed by atoms with Crippen LogP contribution in [0.4, 0.5) is 10.1 Å². The lowest BCUT2D eigenvalue weighted by Gasteiger charge is -2.35. The number of anilines is 1. The minimum atomic E-state index is -3.71. The molecule has 1 amide bonds. The average molecular weight is 521 g/mol. The Labute approximate surface area is 208 Å². The summed E-state index contributed by atoms with van der Waals surface area (Å²) in [5, 5.41) is 8.50. The molecule has 2 aliphatic rings. The summed E-state index contributed by atoms with van der Waals surface area (Å²) in [5.74, 6) is -0.150. The van der Waals surface area contributed by atoms with Gasteiger partial charge in [0.15, 0.2) is 5.67 Å². The van der Waals surface area contributed by atoms with E-state index in [1.165, 1.54) is 8.99 Å². The first-order valence-electron chi connectivity index (χ1n) is 11.4. The summed E-state index contributed by atoms with van der Waals surface area (Å²) in [5.41, 5.74) is 1.24. The number of hydrogen-bond acceptors (Lipinski definition) is 5. The summed E-state index contributed by atoms with van der Waals surface area (Å²) in [4.78, 5) is 12.9. The Morgan fingerprint density at radius 2 is 1.97 bits per heavy atom. The zero-order valence-electron chi connectivity index (χ0n) is 19.4. The Morgan fingerprint density at radius 1 is 1.29 bits per heavy atom. The molecular formula is C24H26ClFN4O4S. The molecule has 0 radical (unpaired) electrons. The fraction of sp³-hybridized carbons (Fsp3) is 0.417. The zero-order chi connectivity index (χ0) is 25.0. The molecule has 5 rings (SSSR count). The van der Waals surface area contributed by atoms with Crippen molar-refractivity contribution in [1.82, 2.24) is 15.1 Å². The first-order chi connectivity index (χ1) is 16.6. The van der Waals surface area contributed by atoms with Crippen LogP contribution in [0.1, 0.15) is 41.2 Å². The van der Waals surface area contributed by atoms with Gasteiger partial charge in [-0.25, -0.2) is 17.5 Å². The molecule has 1 N–H and O–H groups in total. The van der Waals surface area contributed by atoms with Gasteiger partial charge in [0.1, 0.15) is 5.69 Å². The van der Waals surface area contributed by atoms with Crippen LogP contribution in [0.25, 0.3) is 16.6 Å². The van der Waals surface area contributed by atoms with Crippen LogP contribution in [-0.2, 0) is 14.8 Å². The number of carbonyl (C=O) groups is 1. The third kappa shape index (κ3) is 4.62. The molecule has 8 nitrogen and oxygen atoms in total. The Kier molecular flexibility index (Phi) is 6.01. The average Bonchev–Trinajstić information content (AvgIpc) is 3.57. The molecule has 1 aliphatic carbocycles. The molecule has 2 fully saturated rings. The summed E-state index contributed by atoms with van der Waals surface area (Å²) < 4.78 is 48.1. The van der Waals surface area contributed by atoms with Crippen molar-refractivity contribution in [3.05, 3.63) is 52.7 Å². The summed E-state index contributed by atoms with van der Waals surface area (Å²) >= 11 is 6.04. The van der Waals surface area contributed by atoms with Gasteiger partial charge in [0, 0.05) is 30.4 Å². The number of aromatic nitrogens is 2. The van der Waals surface area contributed by atoms with Crippen LogP contribution in [0.3, 0.4) is 0 Å². The van der Waals surface area contributed by atoms with Gasteiger partial charge in [0.2, 0.25) is 10.0 Å². The number of hydrogen-bond donors (Lipinski definition) is 1. The molecule has 0 bridgehead atoms. The van der Waals surface area contributed by atoms with E-state index in [0.717, 1.165) is 24.7 Å². The maximum absolute atomic E-state index is 14.7. The predicted molar refractivity (Wildman–Crippen MR) is 133 cm³/mol. The van der Waals surface area contributed by atoms with Crippen molar-refractivity contribution in [2.45, 2.75) is 30.8 Å². The number of carbonyl (C=O) groups excluding carboxylic acids is 1. The maximum Gasteiger partial charge on any atom is 0.270 e. The van der Waals surface area contributed by atoms with Gasteiger partial charge in [-0.3, -0.25) is 9.10 Å². The molecule has 1 aromatic heterocycles. The summed E-state index contributed by atoms with van der Waals surface area (Å²) in [6.07, 6.45) is 2.98. The summed E-state index contributed by atoms with van der Waals surface area (Å²) in [6.45, 7) is -0.0651. The lowest BCUT2D eigenvalue weighted by molar-refractivity contribution is -0.131. The van der Waals surface area contributed by atoms with E-state index < -0.39 is 15.7 Å². The fourth-order valence-electron chi connectivity index (χ4n) is 4.42. The lowest BCUT2D eigenvalue weighted by atomic mass is 9.99. The molecule has 2 heterocycles. The monoisotopic (exact) mass is 520 g/mol. The third-order valence-corrected chi connectivity index (χ3v) is 7.94. The minimum Gasteiger partial charge on any atom is -0.375 e. The number of benzene rings is 2. The van der Waals surface area contributed by atoms with Crippen LogP contribution in [0.15, 0.2) is 36.4 Å². The number of halogens is 2. The largest absolute Gasteiger partial charge is 0.375 e. The second-order valence-corrected chi connectivity index (χ2v) is 11.6. The first-order valence-corrected chi connectivity index (χ1v) is 13.6. The van der Waals surface area contributed by atoms with Crippen molar-refractivity contribution < 1.29 is 22.3 Å². The quantitative estimate of drug-likeness (QED) is 0.487. The van der Waals surface area contributed by atoms with Gasteiger partial charge < -0.3 is 10.1 Å². The van der Waals surface area contributed by atoms with E-state index in [4.69, 9.17) is 16.3 Å². The number of rotatable bonds is 8. The van der Waals surface area contributed by atoms with Crippen LogP contribution in [0.5, 0.6) is 0 Å². The van der Waals surface area contributed by atoms with E-state index in [2.05, 4.69) is 10.4 Å². The van der Waals surface area contributed by atoms with Crippen LogP contribution in [0.2, 0.25) is 5.02 Å². The summed E-state index contributed by atoms with van der Waals surface area (Å²) in [7, 11) is -2.16. The van der Waals surface area contributed by atoms with Gasteiger partial charge in [-0.1, -0.05) is 11.6 Å². The van der Waals surface area contributed by atoms with Crippen LogP contribution >= 0.6 is 11.6 Å². The Bertz CT molecular complexity index is 1400. The molecular weight excluding hydrogens is 495 g/mol. The molecule has 186 valence electrons. The number of sulfonamides is 1. The van der Waals surface area contributed by atoms with Gasteiger partial charge in [0.05, 0.1) is 36.4 Å². The van der Waals surface area contributed by atoms with Crippen molar-refractivity contribution >= 4 is 44.1 Å². The maximum atomic E-state index is 14.7. The van der Waals surface area contributed by atoms with Crippen molar-refractivity contribution in [3.8, 4) is 5.69 Å². The predicted octanol–water partition coefficient (Wildman–Crippen LogP) is 3.81. The molecule has 0 unspecified atom stereocenters. The number of nitrogens with zero attached hydrogens (tertiary/aromatic N) is 3. The lowest BCUT2D eigenvalue weighted by Crippen LogP contribution is -2.48. The number of alkyl halides is 1. The highest BCUT2D eigenvalue weighted by Crippen LogP contribution is 2.47. The topological polar surface area (TPSA) is 93.5 Å². The van der Waals surface area contributed by atoms with E-state index in [1.54, 1.807) is 37.4 Å². The Morgan fingerprint density at radius 3 is 2.51 bits per heavy atom. The van der Waals surface area contributed by atoms with Crippen molar-refractivity contribution in [3.63, 3.8) is 0 Å². The number of ether oxygens (including phenoxy) is 1. The summed E-state index contributed by atoms with van der Waals surface area (Å²) in [6, 6.07) is 10.5. The van der Waals surface area contributed by atoms with Crippen molar-refractivity contribution in [1.29, 1.82) is 0 Å². The molecule has 0 spiro atoms. The molecule has 1 aliphatic heterocycles. The third-order valence-electron chi connectivity index (χ3n) is 6.50. The molecule has 1 saturated heterocycles. The van der Waals surface area contributed by atoms with Gasteiger partial charge in [0.25, 0.3) is 5.91 Å². The number of amides is 1. The SMILES string of the molecule is CNC(=O)c1c2cc(C3CC3)c(N(CCC3(F)COC3)S(C)(=O)=O)cc2nn1-c1ccc(Cl)cc1. The second kappa shape index (κ2) is 8.76. The van der Waals surface area contributed by atoms with Crippen LogP contribution in [-0.4, -0.2) is 62.8 Å². The molecule has 3 aromatic rings. The zero-order valence-corrected chi connectivity index (χ0v) is 21.0. The number of fused-ring (bicyclic) bond motifs is 1. The van der Waals surface area contributed by atoms with E-state index in [1.807, 2.05) is 6.07 Å². The van der Waals surface area contributed by atoms with Gasteiger partial charge >= 0.3 is 0 Å². The van der Waals surface area contributed by atoms with E-state index in [9.17, 15) is 17.6 Å². The Balaban J connectivity index is 1.67. The van der Waals surface area contributed by atoms with E-state index in [-0.39, 0.29) is 38.0 Å². The standard InChI is InChI=1S/C24H26ClFN4O4S/c1-27-23(31)22-19-11-18(15-3-4-15)21(29(35(2,32)33)10-9-24(26)13-34-14-24)12-20(19)28-30(22)17-7-5-16(25)6-8-17/h5-8,11-12,15H,3-4,9-10,13-14H2,1-2H3,(H,27,31). The molecule has 1 saturated carbocycles. The van der Waals surface area contributed by atoms with Crippen LogP contribution in [0, 0.1) is 0 Å². The van der Waals surface area contributed by atoms with Gasteiger partial charge in [-0.2, -0.15) is 5.10 Å². The van der Waals surface area contributed by atoms with E-state index in [0.29, 0.717) is 33.0 Å². The number of nitrogens with one attached hydrogen (secondary N) is 1. The normalized spacial score (nSPS) is 17.3. The first kappa shape index (κ1) is 24.0. The smallest absolute Gasteiger partial charge is 0.270 e. The molecule has 0 atom stereocenters.